The molecule has 0 saturated carbocycles. The van der Waals surface area contributed by atoms with Gasteiger partial charge in [0, 0.05) is 0 Å². The van der Waals surface area contributed by atoms with Crippen molar-refractivity contribution in [2.75, 3.05) is 7.11 Å². The number of ether oxygens (including phenoxy) is 2. The third-order valence-corrected chi connectivity index (χ3v) is 4.25. The van der Waals surface area contributed by atoms with Crippen LogP contribution in [-0.2, 0) is 0 Å². The van der Waals surface area contributed by atoms with Crippen molar-refractivity contribution in [1.29, 1.82) is 5.26 Å². The SMILES string of the molecule is COc1cc(/C=C(\C#N)C(=O)c2ccoc2C)ccc1OC(=O)c1ccc(F)cc1. The normalized spacial score (nSPS) is 10.9. The highest BCUT2D eigenvalue weighted by Crippen LogP contribution is 2.30. The molecule has 3 rings (SSSR count). The molecule has 0 spiro atoms. The van der Waals surface area contributed by atoms with E-state index in [0.717, 1.165) is 12.1 Å². The van der Waals surface area contributed by atoms with Crippen molar-refractivity contribution in [2.45, 2.75) is 6.92 Å². The Hall–Kier alpha value is -4.18. The summed E-state index contributed by atoms with van der Waals surface area (Å²) in [4.78, 5) is 24.8. The molecule has 0 unspecified atom stereocenters. The van der Waals surface area contributed by atoms with Crippen LogP contribution in [0.15, 0.2) is 64.8 Å². The maximum atomic E-state index is 13.0. The van der Waals surface area contributed by atoms with Gasteiger partial charge in [0.15, 0.2) is 11.5 Å². The van der Waals surface area contributed by atoms with Crippen molar-refractivity contribution in [3.05, 3.63) is 88.6 Å². The number of Topliss-reactive ketones (excluding diaryl/α,β-unsaturated/α-hetero) is 1. The van der Waals surface area contributed by atoms with Crippen LogP contribution in [0.4, 0.5) is 4.39 Å². The van der Waals surface area contributed by atoms with Crippen molar-refractivity contribution in [3.8, 4) is 17.6 Å². The maximum Gasteiger partial charge on any atom is 0.343 e. The summed E-state index contributed by atoms with van der Waals surface area (Å²) in [6.45, 7) is 1.63. The highest BCUT2D eigenvalue weighted by atomic mass is 19.1. The zero-order valence-corrected chi connectivity index (χ0v) is 16.1. The van der Waals surface area contributed by atoms with Crippen molar-refractivity contribution < 1.29 is 27.9 Å². The molecular formula is C23H16FNO5. The first kappa shape index (κ1) is 20.6. The van der Waals surface area contributed by atoms with Crippen molar-refractivity contribution in [3.63, 3.8) is 0 Å². The first-order valence-corrected chi connectivity index (χ1v) is 8.79. The van der Waals surface area contributed by atoms with E-state index >= 15 is 0 Å². The summed E-state index contributed by atoms with van der Waals surface area (Å²) >= 11 is 0. The van der Waals surface area contributed by atoms with E-state index in [-0.39, 0.29) is 22.6 Å². The van der Waals surface area contributed by atoms with Crippen molar-refractivity contribution in [2.24, 2.45) is 0 Å². The van der Waals surface area contributed by atoms with Gasteiger partial charge >= 0.3 is 5.97 Å². The number of benzene rings is 2. The number of allylic oxidation sites excluding steroid dienone is 1. The molecule has 3 aromatic rings. The van der Waals surface area contributed by atoms with E-state index in [9.17, 15) is 19.2 Å². The molecule has 2 aromatic carbocycles. The van der Waals surface area contributed by atoms with E-state index in [4.69, 9.17) is 13.9 Å². The fraction of sp³-hybridized carbons (Fsp3) is 0.0870. The van der Waals surface area contributed by atoms with Crippen LogP contribution in [0.1, 0.15) is 32.0 Å². The first-order chi connectivity index (χ1) is 14.4. The minimum atomic E-state index is -0.681. The average Bonchev–Trinajstić information content (AvgIpc) is 3.18. The molecule has 1 heterocycles. The number of nitriles is 1. The molecule has 0 radical (unpaired) electrons. The topological polar surface area (TPSA) is 89.5 Å². The molecule has 6 nitrogen and oxygen atoms in total. The van der Waals surface area contributed by atoms with Crippen LogP contribution in [0.5, 0.6) is 11.5 Å². The lowest BCUT2D eigenvalue weighted by molar-refractivity contribution is 0.0729. The molecule has 0 atom stereocenters. The monoisotopic (exact) mass is 405 g/mol. The van der Waals surface area contributed by atoms with E-state index in [1.165, 1.54) is 49.8 Å². The van der Waals surface area contributed by atoms with Gasteiger partial charge in [-0.25, -0.2) is 9.18 Å². The van der Waals surface area contributed by atoms with E-state index < -0.39 is 17.6 Å². The number of carbonyl (C=O) groups excluding carboxylic acids is 2. The molecule has 0 aliphatic carbocycles. The van der Waals surface area contributed by atoms with E-state index in [0.29, 0.717) is 16.9 Å². The number of furan rings is 1. The zero-order chi connectivity index (χ0) is 21.7. The summed E-state index contributed by atoms with van der Waals surface area (Å²) in [5, 5.41) is 9.40. The molecule has 0 fully saturated rings. The largest absolute Gasteiger partial charge is 0.493 e. The Bertz CT molecular complexity index is 1170. The van der Waals surface area contributed by atoms with Crippen LogP contribution < -0.4 is 9.47 Å². The Morgan fingerprint density at radius 1 is 1.10 bits per heavy atom. The Kier molecular flexibility index (Phi) is 6.08. The number of hydrogen-bond acceptors (Lipinski definition) is 6. The Labute approximate surface area is 171 Å². The summed E-state index contributed by atoms with van der Waals surface area (Å²) < 4.78 is 28.7. The van der Waals surface area contributed by atoms with Gasteiger partial charge in [-0.3, -0.25) is 4.79 Å². The number of hydrogen-bond donors (Lipinski definition) is 0. The predicted octanol–water partition coefficient (Wildman–Crippen LogP) is 4.74. The summed E-state index contributed by atoms with van der Waals surface area (Å²) in [6.07, 6.45) is 2.79. The van der Waals surface area contributed by atoms with Gasteiger partial charge in [-0.05, 0) is 61.0 Å². The van der Waals surface area contributed by atoms with Crippen LogP contribution in [-0.4, -0.2) is 18.9 Å². The summed E-state index contributed by atoms with van der Waals surface area (Å²) in [6, 6.07) is 12.9. The quantitative estimate of drug-likeness (QED) is 0.193. The lowest BCUT2D eigenvalue weighted by Gasteiger charge is -2.10. The summed E-state index contributed by atoms with van der Waals surface area (Å²) in [7, 11) is 1.39. The minimum Gasteiger partial charge on any atom is -0.493 e. The molecule has 7 heteroatoms. The van der Waals surface area contributed by atoms with Gasteiger partial charge in [-0.15, -0.1) is 0 Å². The Morgan fingerprint density at radius 3 is 2.43 bits per heavy atom. The number of ketones is 1. The Morgan fingerprint density at radius 2 is 1.83 bits per heavy atom. The van der Waals surface area contributed by atoms with Crippen LogP contribution in [0, 0.1) is 24.1 Å². The fourth-order valence-electron chi connectivity index (χ4n) is 2.68. The van der Waals surface area contributed by atoms with Crippen molar-refractivity contribution in [1.82, 2.24) is 0 Å². The van der Waals surface area contributed by atoms with E-state index in [1.807, 2.05) is 6.07 Å². The van der Waals surface area contributed by atoms with Gasteiger partial charge < -0.3 is 13.9 Å². The molecule has 0 N–H and O–H groups in total. The number of rotatable bonds is 6. The lowest BCUT2D eigenvalue weighted by Crippen LogP contribution is -2.09. The summed E-state index contributed by atoms with van der Waals surface area (Å²) in [5.41, 5.74) is 0.895. The molecule has 30 heavy (non-hydrogen) atoms. The van der Waals surface area contributed by atoms with Crippen LogP contribution in [0.3, 0.4) is 0 Å². The van der Waals surface area contributed by atoms with E-state index in [1.54, 1.807) is 13.0 Å². The Balaban J connectivity index is 1.86. The third kappa shape index (κ3) is 4.45. The molecule has 0 aliphatic heterocycles. The number of nitrogens with zero attached hydrogens (tertiary/aromatic N) is 1. The second-order valence-corrected chi connectivity index (χ2v) is 6.20. The number of halogens is 1. The molecule has 0 amide bonds. The highest BCUT2D eigenvalue weighted by molar-refractivity contribution is 6.14. The number of carbonyl (C=O) groups is 2. The lowest BCUT2D eigenvalue weighted by atomic mass is 10.0. The molecule has 0 saturated heterocycles. The van der Waals surface area contributed by atoms with Crippen LogP contribution >= 0.6 is 0 Å². The second-order valence-electron chi connectivity index (χ2n) is 6.20. The van der Waals surface area contributed by atoms with Gasteiger partial charge in [0.05, 0.1) is 24.5 Å². The fourth-order valence-corrected chi connectivity index (χ4v) is 2.68. The standard InChI is InChI=1S/C23H16FNO5/c1-14-19(9-10-29-14)22(26)17(13-25)11-15-3-8-20(21(12-15)28-2)30-23(27)16-4-6-18(24)7-5-16/h3-12H,1-2H3/b17-11+. The molecular weight excluding hydrogens is 389 g/mol. The van der Waals surface area contributed by atoms with Crippen LogP contribution in [0.2, 0.25) is 0 Å². The maximum absolute atomic E-state index is 13.0. The van der Waals surface area contributed by atoms with Gasteiger partial charge in [0.25, 0.3) is 0 Å². The molecule has 0 aliphatic rings. The van der Waals surface area contributed by atoms with Gasteiger partial charge in [-0.1, -0.05) is 6.07 Å². The van der Waals surface area contributed by atoms with E-state index in [2.05, 4.69) is 0 Å². The third-order valence-electron chi connectivity index (χ3n) is 4.25. The summed E-state index contributed by atoms with van der Waals surface area (Å²) in [5.74, 6) is -0.826. The first-order valence-electron chi connectivity index (χ1n) is 8.79. The van der Waals surface area contributed by atoms with Gasteiger partial charge in [-0.2, -0.15) is 5.26 Å². The molecule has 150 valence electrons. The number of esters is 1. The smallest absolute Gasteiger partial charge is 0.343 e. The van der Waals surface area contributed by atoms with Gasteiger partial charge in [0.1, 0.15) is 23.2 Å². The van der Waals surface area contributed by atoms with Crippen LogP contribution in [0.25, 0.3) is 6.08 Å². The highest BCUT2D eigenvalue weighted by Gasteiger charge is 2.17. The average molecular weight is 405 g/mol. The zero-order valence-electron chi connectivity index (χ0n) is 16.1. The second kappa shape index (κ2) is 8.88. The molecule has 0 bridgehead atoms. The number of aryl methyl sites for hydroxylation is 1. The van der Waals surface area contributed by atoms with Gasteiger partial charge in [0.2, 0.25) is 5.78 Å². The number of methoxy groups -OCH3 is 1. The molecule has 1 aromatic heterocycles. The predicted molar refractivity (Wildman–Crippen MR) is 106 cm³/mol. The van der Waals surface area contributed by atoms with Crippen molar-refractivity contribution >= 4 is 17.8 Å². The minimum absolute atomic E-state index is 0.0855.